The number of hydrogen-bond donors (Lipinski definition) is 0. The van der Waals surface area contributed by atoms with Gasteiger partial charge in [-0.15, -0.1) is 0 Å². The van der Waals surface area contributed by atoms with Crippen LogP contribution >= 0.6 is 22.9 Å². The van der Waals surface area contributed by atoms with E-state index in [0.29, 0.717) is 12.0 Å². The lowest BCUT2D eigenvalue weighted by atomic mass is 9.87. The van der Waals surface area contributed by atoms with Crippen LogP contribution < -0.4 is 0 Å². The number of rotatable bonds is 0. The van der Waals surface area contributed by atoms with Crippen LogP contribution in [0.4, 0.5) is 0 Å². The Balaban J connectivity index is 2.07. The van der Waals surface area contributed by atoms with E-state index in [-0.39, 0.29) is 0 Å². The second-order valence-electron chi connectivity index (χ2n) is 4.52. The lowest BCUT2D eigenvalue weighted by molar-refractivity contribution is 0.543. The number of fused-ring (bicyclic) bond motifs is 2. The highest BCUT2D eigenvalue weighted by atomic mass is 127. The Labute approximate surface area is 105 Å². The third-order valence-corrected chi connectivity index (χ3v) is 4.59. The minimum atomic E-state index is 0.593. The molecule has 0 spiro atoms. The zero-order valence-electron chi connectivity index (χ0n) is 8.78. The number of halogens is 1. The average molecular weight is 311 g/mol. The van der Waals surface area contributed by atoms with Crippen molar-refractivity contribution in [3.8, 4) is 0 Å². The maximum Gasteiger partial charge on any atom is 0.0679 e. The Morgan fingerprint density at radius 1 is 1.47 bits per heavy atom. The fourth-order valence-corrected chi connectivity index (χ4v) is 3.60. The molecule has 0 aromatic carbocycles. The molecule has 3 aliphatic rings. The molecule has 15 heavy (non-hydrogen) atoms. The highest BCUT2D eigenvalue weighted by Crippen LogP contribution is 2.44. The van der Waals surface area contributed by atoms with E-state index in [1.807, 2.05) is 0 Å². The summed E-state index contributed by atoms with van der Waals surface area (Å²) in [4.78, 5) is 0. The van der Waals surface area contributed by atoms with Gasteiger partial charge < -0.3 is 3.11 Å². The van der Waals surface area contributed by atoms with Gasteiger partial charge in [-0.3, -0.25) is 0 Å². The van der Waals surface area contributed by atoms with Crippen molar-refractivity contribution in [3.05, 3.63) is 47.2 Å². The first-order valence-electron chi connectivity index (χ1n) is 5.51. The Bertz CT molecular complexity index is 414. The van der Waals surface area contributed by atoms with Crippen molar-refractivity contribution in [2.75, 3.05) is 0 Å². The molecule has 0 aromatic rings. The summed E-state index contributed by atoms with van der Waals surface area (Å²) in [6.45, 7) is 2.30. The first-order valence-corrected chi connectivity index (χ1v) is 6.47. The minimum absolute atomic E-state index is 0.593. The van der Waals surface area contributed by atoms with Crippen molar-refractivity contribution in [3.63, 3.8) is 0 Å². The standard InChI is InChI=1S/C13H14IN/c1-9-6-7-13-11(8-9)10-4-2-3-5-12(10)15(13)14/h2-4,6-7,9,12H,5,8H2,1H3. The summed E-state index contributed by atoms with van der Waals surface area (Å²) < 4.78 is 2.41. The Hall–Kier alpha value is -0.510. The highest BCUT2D eigenvalue weighted by Gasteiger charge is 2.35. The van der Waals surface area contributed by atoms with Gasteiger partial charge in [-0.05, 0) is 36.0 Å². The molecule has 0 bridgehead atoms. The molecule has 0 saturated heterocycles. The predicted molar refractivity (Wildman–Crippen MR) is 71.4 cm³/mol. The van der Waals surface area contributed by atoms with Crippen molar-refractivity contribution in [2.45, 2.75) is 25.8 Å². The van der Waals surface area contributed by atoms with Crippen molar-refractivity contribution in [1.82, 2.24) is 3.11 Å². The SMILES string of the molecule is CC1C=CC2=C(C1)C1=CC=CCC1N2I. The summed E-state index contributed by atoms with van der Waals surface area (Å²) in [5.74, 6) is 0.694. The summed E-state index contributed by atoms with van der Waals surface area (Å²) in [7, 11) is 0. The van der Waals surface area contributed by atoms with E-state index in [9.17, 15) is 0 Å². The van der Waals surface area contributed by atoms with Gasteiger partial charge in [0.25, 0.3) is 0 Å². The zero-order chi connectivity index (χ0) is 10.4. The van der Waals surface area contributed by atoms with Gasteiger partial charge in [-0.1, -0.05) is 31.2 Å². The lowest BCUT2D eigenvalue weighted by Crippen LogP contribution is -2.21. The van der Waals surface area contributed by atoms with Gasteiger partial charge in [0.2, 0.25) is 0 Å². The smallest absolute Gasteiger partial charge is 0.0679 e. The van der Waals surface area contributed by atoms with E-state index in [2.05, 4.69) is 63.3 Å². The maximum absolute atomic E-state index is 2.46. The first-order chi connectivity index (χ1) is 7.27. The topological polar surface area (TPSA) is 3.24 Å². The third kappa shape index (κ3) is 1.41. The van der Waals surface area contributed by atoms with Gasteiger partial charge >= 0.3 is 0 Å². The van der Waals surface area contributed by atoms with Crippen LogP contribution in [0.2, 0.25) is 0 Å². The molecule has 3 rings (SSSR count). The van der Waals surface area contributed by atoms with Crippen LogP contribution in [0.5, 0.6) is 0 Å². The Morgan fingerprint density at radius 2 is 2.33 bits per heavy atom. The summed E-state index contributed by atoms with van der Waals surface area (Å²) in [6, 6.07) is 0.593. The monoisotopic (exact) mass is 311 g/mol. The molecule has 2 aliphatic carbocycles. The van der Waals surface area contributed by atoms with Crippen molar-refractivity contribution in [2.24, 2.45) is 5.92 Å². The van der Waals surface area contributed by atoms with Crippen LogP contribution in [0.1, 0.15) is 19.8 Å². The molecule has 0 aromatic heterocycles. The molecule has 0 radical (unpaired) electrons. The van der Waals surface area contributed by atoms with Crippen molar-refractivity contribution >= 4 is 22.9 Å². The third-order valence-electron chi connectivity index (χ3n) is 3.40. The van der Waals surface area contributed by atoms with Gasteiger partial charge in [0, 0.05) is 5.70 Å². The molecule has 2 atom stereocenters. The molecular formula is C13H14IN. The molecule has 0 amide bonds. The fourth-order valence-electron chi connectivity index (χ4n) is 2.62. The molecule has 0 saturated carbocycles. The summed E-state index contributed by atoms with van der Waals surface area (Å²) in [5, 5.41) is 0. The minimum Gasteiger partial charge on any atom is -0.307 e. The van der Waals surface area contributed by atoms with Crippen molar-refractivity contribution in [1.29, 1.82) is 0 Å². The molecule has 1 nitrogen and oxygen atoms in total. The summed E-state index contributed by atoms with van der Waals surface area (Å²) in [6.07, 6.45) is 13.8. The summed E-state index contributed by atoms with van der Waals surface area (Å²) >= 11 is 2.46. The highest BCUT2D eigenvalue weighted by molar-refractivity contribution is 14.1. The van der Waals surface area contributed by atoms with Gasteiger partial charge in [-0.2, -0.15) is 0 Å². The van der Waals surface area contributed by atoms with Crippen molar-refractivity contribution < 1.29 is 0 Å². The maximum atomic E-state index is 2.46. The van der Waals surface area contributed by atoms with E-state index < -0.39 is 0 Å². The normalized spacial score (nSPS) is 32.9. The van der Waals surface area contributed by atoms with Crippen LogP contribution in [0.15, 0.2) is 47.2 Å². The Morgan fingerprint density at radius 3 is 3.20 bits per heavy atom. The zero-order valence-corrected chi connectivity index (χ0v) is 10.9. The van der Waals surface area contributed by atoms with Crippen LogP contribution in [-0.4, -0.2) is 9.16 Å². The molecule has 1 aliphatic heterocycles. The van der Waals surface area contributed by atoms with Crippen LogP contribution in [0.3, 0.4) is 0 Å². The van der Waals surface area contributed by atoms with Gasteiger partial charge in [0.05, 0.1) is 28.9 Å². The van der Waals surface area contributed by atoms with Crippen LogP contribution in [-0.2, 0) is 0 Å². The lowest BCUT2D eigenvalue weighted by Gasteiger charge is -2.22. The van der Waals surface area contributed by atoms with Gasteiger partial charge in [0.1, 0.15) is 0 Å². The summed E-state index contributed by atoms with van der Waals surface area (Å²) in [5.41, 5.74) is 4.57. The molecule has 1 heterocycles. The van der Waals surface area contributed by atoms with E-state index in [1.165, 1.54) is 12.1 Å². The van der Waals surface area contributed by atoms with Crippen LogP contribution in [0.25, 0.3) is 0 Å². The second kappa shape index (κ2) is 3.51. The van der Waals surface area contributed by atoms with Gasteiger partial charge in [0.15, 0.2) is 0 Å². The van der Waals surface area contributed by atoms with E-state index in [1.54, 1.807) is 11.1 Å². The molecule has 2 unspecified atom stereocenters. The number of allylic oxidation sites excluding steroid dienone is 4. The molecule has 78 valence electrons. The molecular weight excluding hydrogens is 297 g/mol. The number of nitrogens with zero attached hydrogens (tertiary/aromatic N) is 1. The average Bonchev–Trinajstić information content (AvgIpc) is 2.54. The largest absolute Gasteiger partial charge is 0.307 e. The molecule has 0 N–H and O–H groups in total. The fraction of sp³-hybridized carbons (Fsp3) is 0.385. The first kappa shape index (κ1) is 9.70. The van der Waals surface area contributed by atoms with Gasteiger partial charge in [-0.25, -0.2) is 0 Å². The molecule has 0 fully saturated rings. The van der Waals surface area contributed by atoms with E-state index in [0.717, 1.165) is 6.42 Å². The van der Waals surface area contributed by atoms with E-state index in [4.69, 9.17) is 0 Å². The number of hydrogen-bond acceptors (Lipinski definition) is 1. The molecule has 2 heteroatoms. The quantitative estimate of drug-likeness (QED) is 0.486. The predicted octanol–water partition coefficient (Wildman–Crippen LogP) is 3.76. The second-order valence-corrected chi connectivity index (χ2v) is 5.56. The van der Waals surface area contributed by atoms with Crippen LogP contribution in [0, 0.1) is 5.92 Å². The Kier molecular flexibility index (Phi) is 2.27. The van der Waals surface area contributed by atoms with E-state index >= 15 is 0 Å².